The molecular weight excluding hydrogens is 444 g/mol. The van der Waals surface area contributed by atoms with Gasteiger partial charge in [-0.05, 0) is 62.1 Å². The van der Waals surface area contributed by atoms with E-state index in [1.807, 2.05) is 59.5 Å². The molecule has 0 bridgehead atoms. The van der Waals surface area contributed by atoms with E-state index in [-0.39, 0.29) is 29.7 Å². The van der Waals surface area contributed by atoms with Gasteiger partial charge in [0.2, 0.25) is 17.7 Å². The zero-order chi connectivity index (χ0) is 24.6. The number of primary amides is 1. The summed E-state index contributed by atoms with van der Waals surface area (Å²) in [5.41, 5.74) is 7.31. The molecule has 2 heterocycles. The fourth-order valence-electron chi connectivity index (χ4n) is 4.89. The van der Waals surface area contributed by atoms with Gasteiger partial charge in [0.25, 0.3) is 0 Å². The molecule has 0 aromatic heterocycles. The number of nitrogens with two attached hydrogens (primary N) is 1. The Labute approximate surface area is 206 Å². The molecule has 0 radical (unpaired) electrons. The van der Waals surface area contributed by atoms with Gasteiger partial charge in [0.15, 0.2) is 0 Å². The highest BCUT2D eigenvalue weighted by molar-refractivity contribution is 5.92. The van der Waals surface area contributed by atoms with Gasteiger partial charge in [0.05, 0.1) is 19.1 Å². The molecule has 2 fully saturated rings. The lowest BCUT2D eigenvalue weighted by atomic mass is 9.95. The molecular formula is C27H34N4O4. The molecule has 2 saturated heterocycles. The van der Waals surface area contributed by atoms with Crippen LogP contribution in [0.5, 0.6) is 5.75 Å². The number of ether oxygens (including phenoxy) is 1. The van der Waals surface area contributed by atoms with E-state index in [2.05, 4.69) is 10.2 Å². The molecule has 2 aliphatic rings. The van der Waals surface area contributed by atoms with Crippen LogP contribution in [0.4, 0.5) is 5.69 Å². The van der Waals surface area contributed by atoms with Crippen molar-refractivity contribution in [3.05, 3.63) is 60.2 Å². The number of hydrogen-bond donors (Lipinski definition) is 2. The predicted octanol–water partition coefficient (Wildman–Crippen LogP) is 2.78. The molecule has 2 aliphatic heterocycles. The van der Waals surface area contributed by atoms with Crippen LogP contribution >= 0.6 is 0 Å². The van der Waals surface area contributed by atoms with E-state index in [9.17, 15) is 14.4 Å². The highest BCUT2D eigenvalue weighted by Crippen LogP contribution is 2.23. The summed E-state index contributed by atoms with van der Waals surface area (Å²) >= 11 is 0. The monoisotopic (exact) mass is 478 g/mol. The maximum Gasteiger partial charge on any atom is 0.234 e. The molecule has 3 amide bonds. The molecule has 0 aliphatic carbocycles. The minimum absolute atomic E-state index is 0.0159. The topological polar surface area (TPSA) is 105 Å². The number of para-hydroxylation sites is 1. The second-order valence-electron chi connectivity index (χ2n) is 9.29. The summed E-state index contributed by atoms with van der Waals surface area (Å²) in [6.07, 6.45) is 3.38. The van der Waals surface area contributed by atoms with Crippen molar-refractivity contribution in [1.82, 2.24) is 9.80 Å². The Kier molecular flexibility index (Phi) is 8.36. The summed E-state index contributed by atoms with van der Waals surface area (Å²) in [6, 6.07) is 17.0. The highest BCUT2D eigenvalue weighted by Gasteiger charge is 2.29. The van der Waals surface area contributed by atoms with Crippen LogP contribution in [0.15, 0.2) is 54.6 Å². The van der Waals surface area contributed by atoms with Gasteiger partial charge in [-0.25, -0.2) is 0 Å². The van der Waals surface area contributed by atoms with Crippen LogP contribution < -0.4 is 15.8 Å². The van der Waals surface area contributed by atoms with Gasteiger partial charge >= 0.3 is 0 Å². The number of hydrogen-bond acceptors (Lipinski definition) is 5. The number of nitrogens with zero attached hydrogens (tertiary/aromatic N) is 2. The first-order chi connectivity index (χ1) is 17.0. The van der Waals surface area contributed by atoms with Gasteiger partial charge in [-0.2, -0.15) is 0 Å². The van der Waals surface area contributed by atoms with Crippen molar-refractivity contribution in [2.24, 2.45) is 11.7 Å². The van der Waals surface area contributed by atoms with Crippen molar-refractivity contribution in [1.29, 1.82) is 0 Å². The number of amides is 3. The molecule has 4 rings (SSSR count). The first-order valence-corrected chi connectivity index (χ1v) is 12.4. The number of nitrogens with one attached hydrogen (secondary N) is 1. The van der Waals surface area contributed by atoms with Gasteiger partial charge in [0, 0.05) is 31.2 Å². The van der Waals surface area contributed by atoms with Crippen LogP contribution in [0.25, 0.3) is 0 Å². The molecule has 8 nitrogen and oxygen atoms in total. The number of benzene rings is 2. The Bertz CT molecular complexity index is 1020. The molecule has 1 unspecified atom stereocenters. The molecule has 186 valence electrons. The summed E-state index contributed by atoms with van der Waals surface area (Å²) in [5.74, 6) is 0.399. The third-order valence-corrected chi connectivity index (χ3v) is 6.82. The number of carbonyl (C=O) groups is 3. The summed E-state index contributed by atoms with van der Waals surface area (Å²) in [7, 11) is 0. The zero-order valence-electron chi connectivity index (χ0n) is 20.0. The van der Waals surface area contributed by atoms with Crippen LogP contribution in [0.2, 0.25) is 0 Å². The van der Waals surface area contributed by atoms with Crippen LogP contribution in [-0.4, -0.2) is 59.8 Å². The van der Waals surface area contributed by atoms with E-state index in [4.69, 9.17) is 10.5 Å². The van der Waals surface area contributed by atoms with Crippen molar-refractivity contribution in [2.75, 3.05) is 31.6 Å². The fourth-order valence-corrected chi connectivity index (χ4v) is 4.89. The normalized spacial score (nSPS) is 18.9. The summed E-state index contributed by atoms with van der Waals surface area (Å²) in [5, 5.41) is 3.03. The molecule has 2 aromatic rings. The van der Waals surface area contributed by atoms with Crippen molar-refractivity contribution >= 4 is 23.4 Å². The van der Waals surface area contributed by atoms with Gasteiger partial charge in [-0.1, -0.05) is 30.3 Å². The Morgan fingerprint density at radius 2 is 1.74 bits per heavy atom. The standard InChI is InChI=1S/C27H34N4O4/c28-26(33)24-10-5-14-31(24)19-20-6-4-7-22(18-20)29-27(34)21-11-15-30(16-12-21)25(32)13-17-35-23-8-2-1-3-9-23/h1-4,6-9,18,21,24H,5,10-17,19H2,(H2,28,33)(H,29,34). The van der Waals surface area contributed by atoms with Crippen LogP contribution in [0.3, 0.4) is 0 Å². The smallest absolute Gasteiger partial charge is 0.234 e. The Hall–Kier alpha value is -3.39. The van der Waals surface area contributed by atoms with Gasteiger partial charge in [-0.3, -0.25) is 19.3 Å². The summed E-state index contributed by atoms with van der Waals surface area (Å²) in [4.78, 5) is 41.0. The van der Waals surface area contributed by atoms with E-state index < -0.39 is 0 Å². The SMILES string of the molecule is NC(=O)C1CCCN1Cc1cccc(NC(=O)C2CCN(C(=O)CCOc3ccccc3)CC2)c1. The minimum Gasteiger partial charge on any atom is -0.493 e. The predicted molar refractivity (Wildman–Crippen MR) is 134 cm³/mol. The van der Waals surface area contributed by atoms with Crippen LogP contribution in [0, 0.1) is 5.92 Å². The molecule has 0 spiro atoms. The van der Waals surface area contributed by atoms with Crippen molar-refractivity contribution < 1.29 is 19.1 Å². The lowest BCUT2D eigenvalue weighted by Crippen LogP contribution is -2.41. The lowest BCUT2D eigenvalue weighted by Gasteiger charge is -2.31. The van der Waals surface area contributed by atoms with Crippen LogP contribution in [0.1, 0.15) is 37.7 Å². The van der Waals surface area contributed by atoms with Crippen LogP contribution in [-0.2, 0) is 20.9 Å². The average molecular weight is 479 g/mol. The Morgan fingerprint density at radius 3 is 2.49 bits per heavy atom. The van der Waals surface area contributed by atoms with Crippen molar-refractivity contribution in [3.8, 4) is 5.75 Å². The largest absolute Gasteiger partial charge is 0.493 e. The summed E-state index contributed by atoms with van der Waals surface area (Å²) in [6.45, 7) is 2.97. The maximum absolute atomic E-state index is 12.9. The first kappa shape index (κ1) is 24.7. The number of likely N-dealkylation sites (tertiary alicyclic amines) is 2. The minimum atomic E-state index is -0.277. The number of anilines is 1. The molecule has 3 N–H and O–H groups in total. The quantitative estimate of drug-likeness (QED) is 0.577. The van der Waals surface area contributed by atoms with Gasteiger partial charge < -0.3 is 20.7 Å². The van der Waals surface area contributed by atoms with E-state index in [1.54, 1.807) is 0 Å². The number of rotatable bonds is 9. The second kappa shape index (κ2) is 11.8. The third-order valence-electron chi connectivity index (χ3n) is 6.82. The highest BCUT2D eigenvalue weighted by atomic mass is 16.5. The fraction of sp³-hybridized carbons (Fsp3) is 0.444. The van der Waals surface area contributed by atoms with Crippen molar-refractivity contribution in [3.63, 3.8) is 0 Å². The molecule has 35 heavy (non-hydrogen) atoms. The first-order valence-electron chi connectivity index (χ1n) is 12.4. The molecule has 0 saturated carbocycles. The third kappa shape index (κ3) is 6.82. The zero-order valence-corrected chi connectivity index (χ0v) is 20.0. The average Bonchev–Trinajstić information content (AvgIpc) is 3.33. The van der Waals surface area contributed by atoms with Gasteiger partial charge in [0.1, 0.15) is 5.75 Å². The Balaban J connectivity index is 1.21. The van der Waals surface area contributed by atoms with E-state index in [1.165, 1.54) is 0 Å². The maximum atomic E-state index is 12.9. The van der Waals surface area contributed by atoms with E-state index in [0.717, 1.165) is 36.4 Å². The molecule has 1 atom stereocenters. The van der Waals surface area contributed by atoms with Gasteiger partial charge in [-0.15, -0.1) is 0 Å². The molecule has 2 aromatic carbocycles. The lowest BCUT2D eigenvalue weighted by molar-refractivity contribution is -0.135. The molecule has 8 heteroatoms. The van der Waals surface area contributed by atoms with E-state index >= 15 is 0 Å². The number of piperidine rings is 1. The van der Waals surface area contributed by atoms with Crippen molar-refractivity contribution in [2.45, 2.75) is 44.7 Å². The summed E-state index contributed by atoms with van der Waals surface area (Å²) < 4.78 is 5.62. The van der Waals surface area contributed by atoms with E-state index in [0.29, 0.717) is 45.5 Å². The Morgan fingerprint density at radius 1 is 0.971 bits per heavy atom. The second-order valence-corrected chi connectivity index (χ2v) is 9.29. The number of carbonyl (C=O) groups excluding carboxylic acids is 3.